The number of benzene rings is 1. The van der Waals surface area contributed by atoms with Gasteiger partial charge in [-0.25, -0.2) is 15.6 Å². The maximum absolute atomic E-state index is 13.0. The zero-order valence-electron chi connectivity index (χ0n) is 16.0. The van der Waals surface area contributed by atoms with Crippen LogP contribution in [-0.4, -0.2) is 46.6 Å². The molecule has 2 heterocycles. The summed E-state index contributed by atoms with van der Waals surface area (Å²) in [5.74, 6) is 7.70. The maximum Gasteiger partial charge on any atom is 0.335 e. The van der Waals surface area contributed by atoms with E-state index in [0.717, 1.165) is 29.6 Å². The fourth-order valence-corrected chi connectivity index (χ4v) is 3.78. The second-order valence-electron chi connectivity index (χ2n) is 8.15. The molecule has 2 aliphatic heterocycles. The van der Waals surface area contributed by atoms with Gasteiger partial charge >= 0.3 is 6.03 Å². The Kier molecular flexibility index (Phi) is 4.55. The molecule has 1 saturated heterocycles. The highest BCUT2D eigenvalue weighted by atomic mass is 16.2. The van der Waals surface area contributed by atoms with Crippen LogP contribution in [0.2, 0.25) is 0 Å². The van der Waals surface area contributed by atoms with Crippen LogP contribution >= 0.6 is 0 Å². The van der Waals surface area contributed by atoms with Crippen LogP contribution in [0.25, 0.3) is 0 Å². The molecule has 0 spiro atoms. The molecule has 144 valence electrons. The first kappa shape index (κ1) is 17.9. The van der Waals surface area contributed by atoms with Gasteiger partial charge in [0.1, 0.15) is 0 Å². The van der Waals surface area contributed by atoms with Gasteiger partial charge in [0, 0.05) is 19.3 Å². The second kappa shape index (κ2) is 6.88. The Bertz CT molecular complexity index is 768. The van der Waals surface area contributed by atoms with E-state index in [2.05, 4.69) is 15.6 Å². The van der Waals surface area contributed by atoms with E-state index >= 15 is 0 Å². The van der Waals surface area contributed by atoms with E-state index in [1.165, 1.54) is 17.9 Å². The highest BCUT2D eigenvalue weighted by Crippen LogP contribution is 2.36. The molecule has 0 radical (unpaired) electrons. The van der Waals surface area contributed by atoms with Crippen molar-refractivity contribution in [2.24, 2.45) is 16.8 Å². The summed E-state index contributed by atoms with van der Waals surface area (Å²) in [7, 11) is 0. The molecule has 1 aromatic carbocycles. The van der Waals surface area contributed by atoms with Crippen LogP contribution < -0.4 is 16.5 Å². The normalized spacial score (nSPS) is 23.1. The third-order valence-corrected chi connectivity index (χ3v) is 5.69. The fourth-order valence-electron chi connectivity index (χ4n) is 3.78. The van der Waals surface area contributed by atoms with Crippen LogP contribution in [0.1, 0.15) is 32.3 Å². The Morgan fingerprint density at radius 2 is 2.11 bits per heavy atom. The van der Waals surface area contributed by atoms with E-state index in [-0.39, 0.29) is 12.1 Å². The van der Waals surface area contributed by atoms with Crippen LogP contribution in [0.5, 0.6) is 0 Å². The molecule has 7 heteroatoms. The number of nitrogens with zero attached hydrogens (tertiary/aromatic N) is 3. The number of rotatable bonds is 4. The van der Waals surface area contributed by atoms with Gasteiger partial charge in [0.15, 0.2) is 5.96 Å². The zero-order chi connectivity index (χ0) is 19.0. The van der Waals surface area contributed by atoms with Gasteiger partial charge in [-0.1, -0.05) is 30.3 Å². The molecule has 4 N–H and O–H groups in total. The van der Waals surface area contributed by atoms with E-state index in [1.807, 2.05) is 55.3 Å². The second-order valence-corrected chi connectivity index (χ2v) is 8.15. The van der Waals surface area contributed by atoms with Gasteiger partial charge in [0.05, 0.1) is 18.1 Å². The van der Waals surface area contributed by atoms with Gasteiger partial charge in [0.25, 0.3) is 0 Å². The van der Waals surface area contributed by atoms with Crippen molar-refractivity contribution >= 4 is 12.0 Å². The SMILES string of the molecule is CC1(C)C2=CN=C(NCC3CC3)NC2CN1C(=O)N(N)Cc1ccccc1. The number of hydrogen-bond acceptors (Lipinski definition) is 5. The summed E-state index contributed by atoms with van der Waals surface area (Å²) in [5.41, 5.74) is 1.69. The fraction of sp³-hybridized carbons (Fsp3) is 0.500. The van der Waals surface area contributed by atoms with E-state index < -0.39 is 5.54 Å². The average Bonchev–Trinajstić information content (AvgIpc) is 3.45. The Labute approximate surface area is 160 Å². The van der Waals surface area contributed by atoms with Crippen molar-refractivity contribution in [3.8, 4) is 0 Å². The molecule has 2 fully saturated rings. The minimum atomic E-state index is -0.436. The lowest BCUT2D eigenvalue weighted by Gasteiger charge is -2.35. The monoisotopic (exact) mass is 368 g/mol. The number of carbonyl (C=O) groups is 1. The highest BCUT2D eigenvalue weighted by Gasteiger charge is 2.47. The first-order chi connectivity index (χ1) is 12.9. The summed E-state index contributed by atoms with van der Waals surface area (Å²) >= 11 is 0. The summed E-state index contributed by atoms with van der Waals surface area (Å²) in [6, 6.07) is 9.68. The van der Waals surface area contributed by atoms with Crippen molar-refractivity contribution in [2.75, 3.05) is 13.1 Å². The van der Waals surface area contributed by atoms with Gasteiger partial charge < -0.3 is 15.5 Å². The average molecular weight is 368 g/mol. The minimum Gasteiger partial charge on any atom is -0.356 e. The van der Waals surface area contributed by atoms with Crippen LogP contribution in [0, 0.1) is 5.92 Å². The number of amides is 2. The van der Waals surface area contributed by atoms with Crippen molar-refractivity contribution in [1.29, 1.82) is 0 Å². The standard InChI is InChI=1S/C20H28N6O/c1-20(2)16-11-23-18(22-10-14-8-9-14)24-17(16)13-25(20)19(27)26(21)12-15-6-4-3-5-7-15/h3-7,11,14,17H,8-10,12-13,21H2,1-2H3,(H2,22,23,24). The summed E-state index contributed by atoms with van der Waals surface area (Å²) in [6.07, 6.45) is 4.50. The van der Waals surface area contributed by atoms with Gasteiger partial charge in [-0.2, -0.15) is 0 Å². The number of guanidine groups is 1. The van der Waals surface area contributed by atoms with Crippen molar-refractivity contribution in [3.05, 3.63) is 47.7 Å². The number of hydrogen-bond donors (Lipinski definition) is 3. The number of hydrazine groups is 1. The quantitative estimate of drug-likeness (QED) is 0.430. The molecule has 1 aromatic rings. The van der Waals surface area contributed by atoms with Crippen LogP contribution in [0.4, 0.5) is 4.79 Å². The molecule has 0 aromatic heterocycles. The topological polar surface area (TPSA) is 86.0 Å². The number of nitrogens with one attached hydrogen (secondary N) is 2. The molecule has 1 unspecified atom stereocenters. The molecule has 3 aliphatic rings. The molecule has 1 atom stereocenters. The first-order valence-corrected chi connectivity index (χ1v) is 9.61. The molecular weight excluding hydrogens is 340 g/mol. The summed E-state index contributed by atoms with van der Waals surface area (Å²) in [6.45, 7) is 6.01. The van der Waals surface area contributed by atoms with Crippen molar-refractivity contribution in [2.45, 2.75) is 44.8 Å². The lowest BCUT2D eigenvalue weighted by Crippen LogP contribution is -2.52. The van der Waals surface area contributed by atoms with Crippen molar-refractivity contribution in [1.82, 2.24) is 20.5 Å². The van der Waals surface area contributed by atoms with Gasteiger partial charge in [-0.05, 0) is 43.7 Å². The highest BCUT2D eigenvalue weighted by molar-refractivity contribution is 5.84. The summed E-state index contributed by atoms with van der Waals surface area (Å²) in [4.78, 5) is 19.4. The largest absolute Gasteiger partial charge is 0.356 e. The molecular formula is C20H28N6O. The molecule has 0 bridgehead atoms. The molecule has 27 heavy (non-hydrogen) atoms. The Balaban J connectivity index is 1.42. The number of urea groups is 1. The van der Waals surface area contributed by atoms with Crippen LogP contribution in [0.3, 0.4) is 0 Å². The van der Waals surface area contributed by atoms with E-state index in [1.54, 1.807) is 0 Å². The number of fused-ring (bicyclic) bond motifs is 1. The predicted octanol–water partition coefficient (Wildman–Crippen LogP) is 1.79. The van der Waals surface area contributed by atoms with E-state index in [9.17, 15) is 4.79 Å². The molecule has 4 rings (SSSR count). The molecule has 1 aliphatic carbocycles. The molecule has 2 amide bonds. The minimum absolute atomic E-state index is 0.0632. The number of likely N-dealkylation sites (tertiary alicyclic amines) is 1. The predicted molar refractivity (Wildman–Crippen MR) is 106 cm³/mol. The smallest absolute Gasteiger partial charge is 0.335 e. The van der Waals surface area contributed by atoms with E-state index in [0.29, 0.717) is 13.1 Å². The Morgan fingerprint density at radius 3 is 2.81 bits per heavy atom. The maximum atomic E-state index is 13.0. The van der Waals surface area contributed by atoms with Crippen molar-refractivity contribution in [3.63, 3.8) is 0 Å². The molecule has 7 nitrogen and oxygen atoms in total. The van der Waals surface area contributed by atoms with Crippen LogP contribution in [0.15, 0.2) is 47.1 Å². The van der Waals surface area contributed by atoms with Crippen LogP contribution in [-0.2, 0) is 6.54 Å². The number of aliphatic imine (C=N–C) groups is 1. The summed E-state index contributed by atoms with van der Waals surface area (Å²) in [5, 5.41) is 8.12. The number of carbonyl (C=O) groups excluding carboxylic acids is 1. The molecule has 1 saturated carbocycles. The number of nitrogens with two attached hydrogens (primary N) is 1. The van der Waals surface area contributed by atoms with Gasteiger partial charge in [-0.3, -0.25) is 5.01 Å². The summed E-state index contributed by atoms with van der Waals surface area (Å²) < 4.78 is 0. The van der Waals surface area contributed by atoms with Gasteiger partial charge in [0.2, 0.25) is 0 Å². The third-order valence-electron chi connectivity index (χ3n) is 5.69. The van der Waals surface area contributed by atoms with E-state index in [4.69, 9.17) is 5.84 Å². The zero-order valence-corrected chi connectivity index (χ0v) is 16.0. The Hall–Kier alpha value is -2.54. The lowest BCUT2D eigenvalue weighted by atomic mass is 9.93. The van der Waals surface area contributed by atoms with Gasteiger partial charge in [-0.15, -0.1) is 0 Å². The van der Waals surface area contributed by atoms with Crippen molar-refractivity contribution < 1.29 is 4.79 Å². The lowest BCUT2D eigenvalue weighted by molar-refractivity contribution is 0.130. The Morgan fingerprint density at radius 1 is 1.37 bits per heavy atom. The third kappa shape index (κ3) is 3.64. The first-order valence-electron chi connectivity index (χ1n) is 9.61.